The Morgan fingerprint density at radius 2 is 1.88 bits per heavy atom. The van der Waals surface area contributed by atoms with Crippen LogP contribution in [0.5, 0.6) is 0 Å². The van der Waals surface area contributed by atoms with E-state index in [1.165, 1.54) is 61.6 Å². The summed E-state index contributed by atoms with van der Waals surface area (Å²) in [5, 5.41) is 4.84. The summed E-state index contributed by atoms with van der Waals surface area (Å²) in [6, 6.07) is 12.8. The quantitative estimate of drug-likeness (QED) is 0.240. The second-order valence-electron chi connectivity index (χ2n) is 11.5. The zero-order chi connectivity index (χ0) is 29.4. The number of fused-ring (bicyclic) bond motifs is 1. The Bertz CT molecular complexity index is 1610. The molecule has 0 spiro atoms. The fourth-order valence-corrected chi connectivity index (χ4v) is 6.04. The average molecular weight is 551 g/mol. The average Bonchev–Trinajstić information content (AvgIpc) is 3.59. The molecule has 0 radical (unpaired) electrons. The standard InChI is InChI=1S/C25H26N6.C10H20/c1-6-26-25(24-17(3)14-27-18(4)29-24)30-21-9-8-20(16(2)11-21)12-19-7-10-23-22(13-19)28-15-31(23)5;1-3-7-10(4-2)8-5-6-9-10/h6-11,13-15,30H,3,12H2,1-2,4-5H3;3-9H2,1-2H3/b25-24-,26-6-;. The summed E-state index contributed by atoms with van der Waals surface area (Å²) in [6.45, 7) is 14.6. The van der Waals surface area contributed by atoms with Gasteiger partial charge in [-0.25, -0.2) is 19.9 Å². The van der Waals surface area contributed by atoms with Gasteiger partial charge in [0.15, 0.2) is 5.82 Å². The van der Waals surface area contributed by atoms with Crippen LogP contribution in [0.2, 0.25) is 0 Å². The summed E-state index contributed by atoms with van der Waals surface area (Å²) in [6.07, 6.45) is 16.5. The molecule has 0 bridgehead atoms. The van der Waals surface area contributed by atoms with E-state index in [2.05, 4.69) is 89.0 Å². The first kappa shape index (κ1) is 30.2. The van der Waals surface area contributed by atoms with Gasteiger partial charge in [0.25, 0.3) is 0 Å². The van der Waals surface area contributed by atoms with Crippen molar-refractivity contribution in [2.45, 2.75) is 86.0 Å². The van der Waals surface area contributed by atoms with Crippen LogP contribution >= 0.6 is 0 Å². The van der Waals surface area contributed by atoms with E-state index in [1.807, 2.05) is 31.8 Å². The second kappa shape index (κ2) is 13.7. The van der Waals surface area contributed by atoms with Crippen LogP contribution in [0.25, 0.3) is 23.4 Å². The summed E-state index contributed by atoms with van der Waals surface area (Å²) in [5.41, 5.74) is 7.64. The molecule has 1 aliphatic rings. The second-order valence-corrected chi connectivity index (χ2v) is 11.5. The Morgan fingerprint density at radius 1 is 1.10 bits per heavy atom. The van der Waals surface area contributed by atoms with Crippen molar-refractivity contribution in [3.05, 3.63) is 82.0 Å². The van der Waals surface area contributed by atoms with Crippen LogP contribution in [0.15, 0.2) is 53.9 Å². The van der Waals surface area contributed by atoms with Crippen molar-refractivity contribution < 1.29 is 0 Å². The number of hydrogen-bond donors (Lipinski definition) is 1. The van der Waals surface area contributed by atoms with Crippen LogP contribution in [0.3, 0.4) is 0 Å². The normalized spacial score (nSPS) is 15.2. The Labute approximate surface area is 245 Å². The number of nitrogens with zero attached hydrogens (tertiary/aromatic N) is 5. The lowest BCUT2D eigenvalue weighted by molar-refractivity contribution is 0.257. The van der Waals surface area contributed by atoms with E-state index in [0.717, 1.165) is 33.8 Å². The van der Waals surface area contributed by atoms with Gasteiger partial charge in [-0.15, -0.1) is 0 Å². The van der Waals surface area contributed by atoms with Crippen molar-refractivity contribution in [3.8, 4) is 0 Å². The molecule has 1 fully saturated rings. The van der Waals surface area contributed by atoms with Crippen LogP contribution in [0.1, 0.15) is 88.2 Å². The summed E-state index contributed by atoms with van der Waals surface area (Å²) >= 11 is 0. The van der Waals surface area contributed by atoms with E-state index in [0.29, 0.717) is 17.0 Å². The lowest BCUT2D eigenvalue weighted by Gasteiger charge is -2.26. The van der Waals surface area contributed by atoms with E-state index in [4.69, 9.17) is 0 Å². The number of aryl methyl sites for hydroxylation is 3. The lowest BCUT2D eigenvalue weighted by Crippen LogP contribution is -2.32. The highest BCUT2D eigenvalue weighted by atomic mass is 15.0. The third-order valence-electron chi connectivity index (χ3n) is 8.45. The van der Waals surface area contributed by atoms with Crippen molar-refractivity contribution in [2.75, 3.05) is 5.32 Å². The molecule has 5 rings (SSSR count). The van der Waals surface area contributed by atoms with Crippen molar-refractivity contribution in [1.29, 1.82) is 0 Å². The Hall–Kier alpha value is -3.80. The smallest absolute Gasteiger partial charge is 0.156 e. The van der Waals surface area contributed by atoms with Gasteiger partial charge in [0, 0.05) is 30.4 Å². The summed E-state index contributed by atoms with van der Waals surface area (Å²) in [4.78, 5) is 17.7. The predicted molar refractivity (Wildman–Crippen MR) is 174 cm³/mol. The molecule has 2 aromatic carbocycles. The highest BCUT2D eigenvalue weighted by molar-refractivity contribution is 5.76. The molecule has 0 aliphatic heterocycles. The molecule has 2 heterocycles. The molecule has 6 nitrogen and oxygen atoms in total. The minimum Gasteiger partial charge on any atom is -0.338 e. The number of aromatic nitrogens is 4. The number of anilines is 1. The van der Waals surface area contributed by atoms with Gasteiger partial charge in [0.05, 0.1) is 17.4 Å². The highest BCUT2D eigenvalue weighted by Crippen LogP contribution is 2.44. The summed E-state index contributed by atoms with van der Waals surface area (Å²) in [5.74, 6) is 1.34. The molecule has 0 atom stereocenters. The van der Waals surface area contributed by atoms with Crippen LogP contribution in [0.4, 0.5) is 5.69 Å². The largest absolute Gasteiger partial charge is 0.338 e. The first-order chi connectivity index (χ1) is 19.8. The molecule has 0 unspecified atom stereocenters. The number of hydrogen-bond acceptors (Lipinski definition) is 5. The van der Waals surface area contributed by atoms with Gasteiger partial charge in [0.2, 0.25) is 0 Å². The van der Waals surface area contributed by atoms with E-state index < -0.39 is 0 Å². The van der Waals surface area contributed by atoms with Crippen LogP contribution < -0.4 is 15.9 Å². The van der Waals surface area contributed by atoms with Crippen LogP contribution in [-0.4, -0.2) is 25.7 Å². The number of rotatable bonds is 8. The molecule has 1 saturated carbocycles. The fraction of sp³-hybridized carbons (Fsp3) is 0.429. The molecular formula is C35H46N6. The summed E-state index contributed by atoms with van der Waals surface area (Å²) < 4.78 is 2.04. The first-order valence-electron chi connectivity index (χ1n) is 15.1. The van der Waals surface area contributed by atoms with E-state index in [9.17, 15) is 0 Å². The minimum absolute atomic E-state index is 0.658. The maximum atomic E-state index is 4.52. The third kappa shape index (κ3) is 7.49. The maximum absolute atomic E-state index is 4.52. The van der Waals surface area contributed by atoms with E-state index >= 15 is 0 Å². The Balaban J connectivity index is 0.000000328. The first-order valence-corrected chi connectivity index (χ1v) is 15.1. The Morgan fingerprint density at radius 3 is 2.56 bits per heavy atom. The molecule has 0 amide bonds. The molecule has 2 aromatic heterocycles. The highest BCUT2D eigenvalue weighted by Gasteiger charge is 2.30. The van der Waals surface area contributed by atoms with Crippen molar-refractivity contribution in [2.24, 2.45) is 17.5 Å². The summed E-state index contributed by atoms with van der Waals surface area (Å²) in [7, 11) is 2.01. The zero-order valence-electron chi connectivity index (χ0n) is 25.8. The minimum atomic E-state index is 0.658. The van der Waals surface area contributed by atoms with Gasteiger partial charge in [0.1, 0.15) is 11.2 Å². The van der Waals surface area contributed by atoms with Gasteiger partial charge in [-0.1, -0.05) is 58.2 Å². The zero-order valence-corrected chi connectivity index (χ0v) is 25.8. The molecular weight excluding hydrogens is 504 g/mol. The lowest BCUT2D eigenvalue weighted by atomic mass is 9.79. The Kier molecular flexibility index (Phi) is 10.1. The van der Waals surface area contributed by atoms with Crippen molar-refractivity contribution in [1.82, 2.24) is 19.5 Å². The van der Waals surface area contributed by atoms with Gasteiger partial charge in [-0.3, -0.25) is 0 Å². The maximum Gasteiger partial charge on any atom is 0.156 e. The van der Waals surface area contributed by atoms with Gasteiger partial charge < -0.3 is 9.88 Å². The van der Waals surface area contributed by atoms with Gasteiger partial charge >= 0.3 is 0 Å². The molecule has 6 heteroatoms. The third-order valence-corrected chi connectivity index (χ3v) is 8.45. The number of benzene rings is 2. The van der Waals surface area contributed by atoms with Gasteiger partial charge in [-0.2, -0.15) is 0 Å². The van der Waals surface area contributed by atoms with Crippen molar-refractivity contribution >= 4 is 35.3 Å². The van der Waals surface area contributed by atoms with Gasteiger partial charge in [-0.05, 0) is 92.8 Å². The monoisotopic (exact) mass is 550 g/mol. The molecule has 1 aliphatic carbocycles. The van der Waals surface area contributed by atoms with Crippen LogP contribution in [-0.2, 0) is 13.5 Å². The van der Waals surface area contributed by atoms with Crippen molar-refractivity contribution in [3.63, 3.8) is 0 Å². The van der Waals surface area contributed by atoms with Crippen LogP contribution in [0, 0.1) is 19.3 Å². The topological polar surface area (TPSA) is 68.0 Å². The molecule has 216 valence electrons. The SMILES string of the molecule is C=c1cnc(C)n/c1=C(/N=C\C)Nc1ccc(Cc2ccc3c(c2)ncn3C)c(C)c1.CCCC1(CC)CCCC1. The molecule has 0 saturated heterocycles. The molecule has 41 heavy (non-hydrogen) atoms. The predicted octanol–water partition coefficient (Wildman–Crippen LogP) is 7.01. The number of imidazole rings is 1. The fourth-order valence-electron chi connectivity index (χ4n) is 6.04. The molecule has 4 aromatic rings. The number of aliphatic imine (C=N–C) groups is 1. The van der Waals surface area contributed by atoms with E-state index in [1.54, 1.807) is 12.4 Å². The van der Waals surface area contributed by atoms with E-state index in [-0.39, 0.29) is 0 Å². The number of nitrogens with one attached hydrogen (secondary N) is 1. The molecule has 1 N–H and O–H groups in total.